The first-order valence-corrected chi connectivity index (χ1v) is 5.37. The molecule has 1 atom stereocenters. The predicted molar refractivity (Wildman–Crippen MR) is 65.4 cm³/mol. The van der Waals surface area contributed by atoms with E-state index in [9.17, 15) is 0 Å². The average Bonchev–Trinajstić information content (AvgIpc) is 2.35. The number of aromatic nitrogens is 1. The Kier molecular flexibility index (Phi) is 3.49. The second kappa shape index (κ2) is 5.05. The summed E-state index contributed by atoms with van der Waals surface area (Å²) in [6.07, 6.45) is 0. The number of nitrogens with one attached hydrogen (secondary N) is 1. The summed E-state index contributed by atoms with van der Waals surface area (Å²) in [4.78, 5) is 4.62. The minimum atomic E-state index is 0.148. The fraction of sp³-hybridized carbons (Fsp3) is 0.308. The second-order valence-corrected chi connectivity index (χ2v) is 3.73. The monoisotopic (exact) mass is 216 g/mol. The molecular formula is C13H16N2O. The molecule has 0 spiro atoms. The van der Waals surface area contributed by atoms with Gasteiger partial charge >= 0.3 is 0 Å². The van der Waals surface area contributed by atoms with Crippen LogP contribution in [-0.4, -0.2) is 25.7 Å². The van der Waals surface area contributed by atoms with Crippen LogP contribution in [0.3, 0.4) is 0 Å². The van der Waals surface area contributed by atoms with Crippen LogP contribution < -0.4 is 5.32 Å². The lowest BCUT2D eigenvalue weighted by Gasteiger charge is -2.14. The Labute approximate surface area is 95.5 Å². The fourth-order valence-electron chi connectivity index (χ4n) is 1.76. The molecule has 0 saturated carbocycles. The topological polar surface area (TPSA) is 34.1 Å². The quantitative estimate of drug-likeness (QED) is 0.850. The van der Waals surface area contributed by atoms with Crippen molar-refractivity contribution in [3.05, 3.63) is 42.1 Å². The van der Waals surface area contributed by atoms with Gasteiger partial charge in [0.05, 0.1) is 23.9 Å². The molecule has 0 saturated heterocycles. The molecule has 1 unspecified atom stereocenters. The van der Waals surface area contributed by atoms with E-state index in [2.05, 4.69) is 22.4 Å². The smallest absolute Gasteiger partial charge is 0.0730 e. The van der Waals surface area contributed by atoms with Crippen molar-refractivity contribution in [2.75, 3.05) is 20.8 Å². The lowest BCUT2D eigenvalue weighted by molar-refractivity contribution is 0.169. The normalized spacial score (nSPS) is 12.9. The van der Waals surface area contributed by atoms with Crippen molar-refractivity contribution in [1.82, 2.24) is 10.3 Å². The van der Waals surface area contributed by atoms with Crippen LogP contribution in [0.4, 0.5) is 0 Å². The van der Waals surface area contributed by atoms with Crippen LogP contribution in [-0.2, 0) is 4.74 Å². The summed E-state index contributed by atoms with van der Waals surface area (Å²) >= 11 is 0. The van der Waals surface area contributed by atoms with Crippen molar-refractivity contribution < 1.29 is 4.74 Å². The van der Waals surface area contributed by atoms with Crippen LogP contribution in [0.15, 0.2) is 36.4 Å². The molecule has 3 nitrogen and oxygen atoms in total. The molecule has 1 aromatic carbocycles. The number of benzene rings is 1. The van der Waals surface area contributed by atoms with Crippen LogP contribution in [0.1, 0.15) is 11.7 Å². The highest BCUT2D eigenvalue weighted by molar-refractivity contribution is 5.78. The second-order valence-electron chi connectivity index (χ2n) is 3.73. The van der Waals surface area contributed by atoms with Crippen molar-refractivity contribution in [2.45, 2.75) is 6.04 Å². The first-order chi connectivity index (χ1) is 7.85. The number of likely N-dealkylation sites (N-methyl/N-ethyl adjacent to an activating group) is 1. The summed E-state index contributed by atoms with van der Waals surface area (Å²) < 4.78 is 5.16. The summed E-state index contributed by atoms with van der Waals surface area (Å²) in [7, 11) is 3.62. The Hall–Kier alpha value is -1.45. The Morgan fingerprint density at radius 1 is 1.25 bits per heavy atom. The van der Waals surface area contributed by atoms with Gasteiger partial charge in [0.1, 0.15) is 0 Å². The number of rotatable bonds is 4. The van der Waals surface area contributed by atoms with Crippen LogP contribution >= 0.6 is 0 Å². The largest absolute Gasteiger partial charge is 0.383 e. The molecule has 3 heteroatoms. The van der Waals surface area contributed by atoms with Gasteiger partial charge in [-0.1, -0.05) is 24.3 Å². The molecule has 1 heterocycles. The van der Waals surface area contributed by atoms with Crippen LogP contribution in [0.5, 0.6) is 0 Å². The van der Waals surface area contributed by atoms with Gasteiger partial charge in [-0.3, -0.25) is 4.98 Å². The van der Waals surface area contributed by atoms with Gasteiger partial charge in [0.2, 0.25) is 0 Å². The molecule has 0 radical (unpaired) electrons. The fourth-order valence-corrected chi connectivity index (χ4v) is 1.76. The number of methoxy groups -OCH3 is 1. The van der Waals surface area contributed by atoms with Gasteiger partial charge in [0.15, 0.2) is 0 Å². The van der Waals surface area contributed by atoms with Crippen LogP contribution in [0.2, 0.25) is 0 Å². The summed E-state index contributed by atoms with van der Waals surface area (Å²) in [5.41, 5.74) is 2.04. The van der Waals surface area contributed by atoms with Crippen LogP contribution in [0, 0.1) is 0 Å². The lowest BCUT2D eigenvalue weighted by Crippen LogP contribution is -2.22. The Morgan fingerprint density at radius 2 is 2.06 bits per heavy atom. The summed E-state index contributed by atoms with van der Waals surface area (Å²) in [5.74, 6) is 0. The highest BCUT2D eigenvalue weighted by atomic mass is 16.5. The Bertz CT molecular complexity index is 470. The summed E-state index contributed by atoms with van der Waals surface area (Å²) in [6, 6.07) is 12.4. The zero-order valence-electron chi connectivity index (χ0n) is 9.60. The Morgan fingerprint density at radius 3 is 2.81 bits per heavy atom. The van der Waals surface area contributed by atoms with E-state index in [1.165, 1.54) is 5.39 Å². The molecule has 2 rings (SSSR count). The van der Waals surface area contributed by atoms with E-state index in [1.807, 2.05) is 31.3 Å². The Balaban J connectivity index is 2.37. The maximum absolute atomic E-state index is 5.16. The summed E-state index contributed by atoms with van der Waals surface area (Å²) in [5, 5.41) is 4.36. The number of para-hydroxylation sites is 1. The van der Waals surface area contributed by atoms with Gasteiger partial charge in [0, 0.05) is 12.5 Å². The van der Waals surface area contributed by atoms with E-state index in [-0.39, 0.29) is 6.04 Å². The molecule has 0 bridgehead atoms. The van der Waals surface area contributed by atoms with Crippen molar-refractivity contribution in [2.24, 2.45) is 0 Å². The zero-order valence-corrected chi connectivity index (χ0v) is 9.60. The first kappa shape index (κ1) is 11.0. The molecule has 16 heavy (non-hydrogen) atoms. The van der Waals surface area contributed by atoms with E-state index in [0.29, 0.717) is 6.61 Å². The van der Waals surface area contributed by atoms with E-state index in [1.54, 1.807) is 7.11 Å². The maximum atomic E-state index is 5.16. The van der Waals surface area contributed by atoms with Crippen molar-refractivity contribution >= 4 is 10.9 Å². The third-order valence-corrected chi connectivity index (χ3v) is 2.66. The lowest BCUT2D eigenvalue weighted by atomic mass is 10.1. The first-order valence-electron chi connectivity index (χ1n) is 5.37. The third kappa shape index (κ3) is 2.21. The van der Waals surface area contributed by atoms with Gasteiger partial charge < -0.3 is 10.1 Å². The third-order valence-electron chi connectivity index (χ3n) is 2.66. The van der Waals surface area contributed by atoms with E-state index >= 15 is 0 Å². The molecule has 84 valence electrons. The number of hydrogen-bond acceptors (Lipinski definition) is 3. The predicted octanol–water partition coefficient (Wildman–Crippen LogP) is 2.14. The molecule has 1 aromatic heterocycles. The van der Waals surface area contributed by atoms with Crippen molar-refractivity contribution in [1.29, 1.82) is 0 Å². The molecule has 0 amide bonds. The SMILES string of the molecule is CNC(COC)c1ccc2ccccc2n1. The molecule has 0 fully saturated rings. The molecule has 1 N–H and O–H groups in total. The summed E-state index contributed by atoms with van der Waals surface area (Å²) in [6.45, 7) is 0.627. The minimum Gasteiger partial charge on any atom is -0.383 e. The number of pyridine rings is 1. The zero-order chi connectivity index (χ0) is 11.4. The van der Waals surface area contributed by atoms with Gasteiger partial charge in [-0.25, -0.2) is 0 Å². The van der Waals surface area contributed by atoms with Gasteiger partial charge in [0.25, 0.3) is 0 Å². The van der Waals surface area contributed by atoms with Crippen LogP contribution in [0.25, 0.3) is 10.9 Å². The molecule has 0 aliphatic rings. The minimum absolute atomic E-state index is 0.148. The molecule has 0 aliphatic heterocycles. The van der Waals surface area contributed by atoms with E-state index < -0.39 is 0 Å². The van der Waals surface area contributed by atoms with Crippen molar-refractivity contribution in [3.63, 3.8) is 0 Å². The van der Waals surface area contributed by atoms with Crippen molar-refractivity contribution in [3.8, 4) is 0 Å². The number of hydrogen-bond donors (Lipinski definition) is 1. The van der Waals surface area contributed by atoms with E-state index in [0.717, 1.165) is 11.2 Å². The number of ether oxygens (including phenoxy) is 1. The van der Waals surface area contributed by atoms with Gasteiger partial charge in [-0.15, -0.1) is 0 Å². The highest BCUT2D eigenvalue weighted by Crippen LogP contribution is 2.16. The van der Waals surface area contributed by atoms with Gasteiger partial charge in [-0.2, -0.15) is 0 Å². The molecular weight excluding hydrogens is 200 g/mol. The number of fused-ring (bicyclic) bond motifs is 1. The highest BCUT2D eigenvalue weighted by Gasteiger charge is 2.10. The molecule has 2 aromatic rings. The molecule has 0 aliphatic carbocycles. The van der Waals surface area contributed by atoms with E-state index in [4.69, 9.17) is 4.74 Å². The number of nitrogens with zero attached hydrogens (tertiary/aromatic N) is 1. The van der Waals surface area contributed by atoms with Gasteiger partial charge in [-0.05, 0) is 19.2 Å². The average molecular weight is 216 g/mol. The standard InChI is InChI=1S/C13H16N2O/c1-14-13(9-16-2)12-8-7-10-5-3-4-6-11(10)15-12/h3-8,13-14H,9H2,1-2H3. The maximum Gasteiger partial charge on any atom is 0.0730 e.